The van der Waals surface area contributed by atoms with Crippen LogP contribution >= 0.6 is 0 Å². The van der Waals surface area contributed by atoms with E-state index in [0.717, 1.165) is 18.7 Å². The van der Waals surface area contributed by atoms with Crippen LogP contribution in [0.15, 0.2) is 60.8 Å². The molecule has 1 aromatic carbocycles. The van der Waals surface area contributed by atoms with Gasteiger partial charge in [-0.2, -0.15) is 0 Å². The maximum Gasteiger partial charge on any atom is 0.267 e. The molecule has 1 aliphatic rings. The lowest BCUT2D eigenvalue weighted by Crippen LogP contribution is -2.48. The smallest absolute Gasteiger partial charge is 0.267 e. The van der Waals surface area contributed by atoms with Crippen molar-refractivity contribution in [3.8, 4) is 0 Å². The molecule has 0 bridgehead atoms. The van der Waals surface area contributed by atoms with Crippen molar-refractivity contribution in [1.82, 2.24) is 15.4 Å². The maximum atomic E-state index is 12.4. The number of piperazine rings is 1. The summed E-state index contributed by atoms with van der Waals surface area (Å²) in [7, 11) is 0. The summed E-state index contributed by atoms with van der Waals surface area (Å²) < 4.78 is 0. The maximum absolute atomic E-state index is 12.4. The van der Waals surface area contributed by atoms with Gasteiger partial charge in [0.1, 0.15) is 0 Å². The van der Waals surface area contributed by atoms with Crippen molar-refractivity contribution in [1.29, 1.82) is 0 Å². The van der Waals surface area contributed by atoms with Crippen LogP contribution in [0, 0.1) is 0 Å². The summed E-state index contributed by atoms with van der Waals surface area (Å²) >= 11 is 0. The van der Waals surface area contributed by atoms with Crippen molar-refractivity contribution in [3.63, 3.8) is 0 Å². The summed E-state index contributed by atoms with van der Waals surface area (Å²) in [6, 6.07) is 13.7. The van der Waals surface area contributed by atoms with Gasteiger partial charge >= 0.3 is 0 Å². The lowest BCUT2D eigenvalue weighted by Gasteiger charge is -2.35. The molecule has 1 fully saturated rings. The van der Waals surface area contributed by atoms with Crippen molar-refractivity contribution in [3.05, 3.63) is 72.1 Å². The summed E-state index contributed by atoms with van der Waals surface area (Å²) in [6.45, 7) is 3.00. The molecule has 1 aliphatic heterocycles. The third-order valence-electron chi connectivity index (χ3n) is 4.46. The Hall–Kier alpha value is -3.45. The average Bonchev–Trinajstić information content (AvgIpc) is 2.77. The van der Waals surface area contributed by atoms with E-state index >= 15 is 0 Å². The second-order valence-corrected chi connectivity index (χ2v) is 6.31. The summed E-state index contributed by atoms with van der Waals surface area (Å²) in [6.07, 6.45) is 7.57. The number of aromatic nitrogens is 1. The van der Waals surface area contributed by atoms with Crippen molar-refractivity contribution in [2.45, 2.75) is 0 Å². The first-order valence-corrected chi connectivity index (χ1v) is 9.01. The Morgan fingerprint density at radius 1 is 0.964 bits per heavy atom. The molecule has 0 unspecified atom stereocenters. The number of amides is 2. The van der Waals surface area contributed by atoms with Gasteiger partial charge in [-0.15, -0.1) is 0 Å². The van der Waals surface area contributed by atoms with Crippen LogP contribution in [-0.2, 0) is 9.59 Å². The lowest BCUT2D eigenvalue weighted by atomic mass is 10.2. The molecule has 2 N–H and O–H groups in total. The normalized spacial score (nSPS) is 14.6. The van der Waals surface area contributed by atoms with Gasteiger partial charge in [-0.05, 0) is 35.9 Å². The fourth-order valence-electron chi connectivity index (χ4n) is 2.91. The molecule has 7 heteroatoms. The van der Waals surface area contributed by atoms with Gasteiger partial charge in [-0.25, -0.2) is 5.48 Å². The molecule has 0 aliphatic carbocycles. The molecule has 2 aromatic rings. The second-order valence-electron chi connectivity index (χ2n) is 6.31. The zero-order valence-electron chi connectivity index (χ0n) is 15.4. The predicted octanol–water partition coefficient (Wildman–Crippen LogP) is 1.96. The SMILES string of the molecule is O=C(C=Cc1ccc(C=CC(=O)N2CCN(c3ccccc3)CC2)cn1)NO. The molecule has 2 amide bonds. The number of hydrogen-bond acceptors (Lipinski definition) is 5. The number of nitrogens with zero attached hydrogens (tertiary/aromatic N) is 3. The van der Waals surface area contributed by atoms with Crippen molar-refractivity contribution >= 4 is 29.7 Å². The molecule has 0 spiro atoms. The molecular formula is C21H22N4O3. The number of rotatable bonds is 5. The largest absolute Gasteiger partial charge is 0.368 e. The van der Waals surface area contributed by atoms with E-state index in [-0.39, 0.29) is 5.91 Å². The number of para-hydroxylation sites is 1. The molecular weight excluding hydrogens is 356 g/mol. The minimum absolute atomic E-state index is 0.0173. The summed E-state index contributed by atoms with van der Waals surface area (Å²) in [4.78, 5) is 31.7. The molecule has 3 rings (SSSR count). The van der Waals surface area contributed by atoms with Crippen LogP contribution in [0.4, 0.5) is 5.69 Å². The molecule has 1 aromatic heterocycles. The third kappa shape index (κ3) is 5.28. The quantitative estimate of drug-likeness (QED) is 0.472. The van der Waals surface area contributed by atoms with Crippen LogP contribution in [0.1, 0.15) is 11.3 Å². The van der Waals surface area contributed by atoms with E-state index in [2.05, 4.69) is 22.0 Å². The van der Waals surface area contributed by atoms with Gasteiger partial charge in [-0.3, -0.25) is 19.8 Å². The Morgan fingerprint density at radius 2 is 1.71 bits per heavy atom. The Kier molecular flexibility index (Phi) is 6.54. The van der Waals surface area contributed by atoms with Crippen LogP contribution < -0.4 is 10.4 Å². The van der Waals surface area contributed by atoms with Gasteiger partial charge in [0.25, 0.3) is 5.91 Å². The van der Waals surface area contributed by atoms with Gasteiger partial charge in [0, 0.05) is 50.2 Å². The van der Waals surface area contributed by atoms with Crippen LogP contribution in [0.2, 0.25) is 0 Å². The number of nitrogens with one attached hydrogen (secondary N) is 1. The molecule has 1 saturated heterocycles. The van der Waals surface area contributed by atoms with E-state index < -0.39 is 5.91 Å². The zero-order valence-corrected chi connectivity index (χ0v) is 15.4. The first kappa shape index (κ1) is 19.3. The van der Waals surface area contributed by atoms with Crippen molar-refractivity contribution < 1.29 is 14.8 Å². The fraction of sp³-hybridized carbons (Fsp3) is 0.190. The van der Waals surface area contributed by atoms with E-state index in [4.69, 9.17) is 5.21 Å². The highest BCUT2D eigenvalue weighted by atomic mass is 16.5. The predicted molar refractivity (Wildman–Crippen MR) is 107 cm³/mol. The van der Waals surface area contributed by atoms with E-state index in [1.54, 1.807) is 30.5 Å². The molecule has 0 saturated carbocycles. The van der Waals surface area contributed by atoms with Crippen LogP contribution in [0.25, 0.3) is 12.2 Å². The first-order valence-electron chi connectivity index (χ1n) is 9.01. The third-order valence-corrected chi connectivity index (χ3v) is 4.46. The minimum atomic E-state index is -0.622. The average molecular weight is 378 g/mol. The number of pyridine rings is 1. The molecule has 2 heterocycles. The van der Waals surface area contributed by atoms with Crippen LogP contribution in [0.5, 0.6) is 0 Å². The standard InChI is InChI=1S/C21H22N4O3/c26-20(23-28)10-9-18-8-6-17(16-22-18)7-11-21(27)25-14-12-24(13-15-25)19-4-2-1-3-5-19/h1-11,16,28H,12-15H2,(H,23,26). The van der Waals surface area contributed by atoms with Crippen LogP contribution in [-0.4, -0.2) is 53.1 Å². The van der Waals surface area contributed by atoms with E-state index in [0.29, 0.717) is 18.8 Å². The first-order chi connectivity index (χ1) is 13.7. The van der Waals surface area contributed by atoms with E-state index in [9.17, 15) is 9.59 Å². The monoisotopic (exact) mass is 378 g/mol. The zero-order chi connectivity index (χ0) is 19.8. The number of benzene rings is 1. The van der Waals surface area contributed by atoms with Gasteiger partial charge in [0.15, 0.2) is 0 Å². The van der Waals surface area contributed by atoms with Gasteiger partial charge in [-0.1, -0.05) is 24.3 Å². The van der Waals surface area contributed by atoms with Gasteiger partial charge in [0.2, 0.25) is 5.91 Å². The van der Waals surface area contributed by atoms with Gasteiger partial charge < -0.3 is 9.80 Å². The topological polar surface area (TPSA) is 85.8 Å². The van der Waals surface area contributed by atoms with Crippen LogP contribution in [0.3, 0.4) is 0 Å². The number of hydroxylamine groups is 1. The highest BCUT2D eigenvalue weighted by Crippen LogP contribution is 2.15. The fourth-order valence-corrected chi connectivity index (χ4v) is 2.91. The molecule has 0 radical (unpaired) electrons. The van der Waals surface area contributed by atoms with Crippen molar-refractivity contribution in [2.24, 2.45) is 0 Å². The molecule has 7 nitrogen and oxygen atoms in total. The minimum Gasteiger partial charge on any atom is -0.368 e. The number of hydrogen-bond donors (Lipinski definition) is 2. The summed E-state index contributed by atoms with van der Waals surface area (Å²) in [5.74, 6) is -0.639. The Balaban J connectivity index is 1.51. The number of carbonyl (C=O) groups excluding carboxylic acids is 2. The number of carbonyl (C=O) groups is 2. The van der Waals surface area contributed by atoms with E-state index in [1.807, 2.05) is 23.1 Å². The highest BCUT2D eigenvalue weighted by molar-refractivity contribution is 5.92. The molecule has 144 valence electrons. The summed E-state index contributed by atoms with van der Waals surface area (Å²) in [5, 5.41) is 8.44. The van der Waals surface area contributed by atoms with Crippen molar-refractivity contribution in [2.75, 3.05) is 31.1 Å². The highest BCUT2D eigenvalue weighted by Gasteiger charge is 2.19. The van der Waals surface area contributed by atoms with E-state index in [1.165, 1.54) is 23.3 Å². The second kappa shape index (κ2) is 9.48. The van der Waals surface area contributed by atoms with Gasteiger partial charge in [0.05, 0.1) is 5.69 Å². The lowest BCUT2D eigenvalue weighted by molar-refractivity contribution is -0.126. The Labute approximate surface area is 163 Å². The molecule has 0 atom stereocenters. The molecule has 28 heavy (non-hydrogen) atoms. The summed E-state index contributed by atoms with van der Waals surface area (Å²) in [5.41, 5.74) is 4.06. The Bertz CT molecular complexity index is 855. The number of anilines is 1. The Morgan fingerprint density at radius 3 is 2.36 bits per heavy atom.